The van der Waals surface area contributed by atoms with E-state index < -0.39 is 17.7 Å². The van der Waals surface area contributed by atoms with E-state index in [1.807, 2.05) is 48.5 Å². The number of hydrogen-bond donors (Lipinski definition) is 0. The van der Waals surface area contributed by atoms with Gasteiger partial charge in [0.05, 0.1) is 11.7 Å². The van der Waals surface area contributed by atoms with E-state index in [0.29, 0.717) is 12.2 Å². The van der Waals surface area contributed by atoms with E-state index in [1.165, 1.54) is 11.0 Å². The maximum absolute atomic E-state index is 14.3. The second-order valence-electron chi connectivity index (χ2n) is 7.19. The summed E-state index contributed by atoms with van der Waals surface area (Å²) in [5, 5.41) is 0. The Bertz CT molecular complexity index is 986. The van der Waals surface area contributed by atoms with Crippen molar-refractivity contribution < 1.29 is 23.0 Å². The van der Waals surface area contributed by atoms with Crippen molar-refractivity contribution in [2.24, 2.45) is 0 Å². The van der Waals surface area contributed by atoms with Gasteiger partial charge in [0.15, 0.2) is 17.7 Å². The highest BCUT2D eigenvalue weighted by Gasteiger charge is 2.37. The number of carbonyl (C=O) groups excluding carboxylic acids is 1. The molecule has 0 unspecified atom stereocenters. The summed E-state index contributed by atoms with van der Waals surface area (Å²) in [6.45, 7) is 1.85. The first-order chi connectivity index (χ1) is 14.5. The molecule has 0 bridgehead atoms. The first-order valence-electron chi connectivity index (χ1n) is 9.74. The van der Waals surface area contributed by atoms with Gasteiger partial charge in [-0.3, -0.25) is 9.69 Å². The Balaban J connectivity index is 1.70. The number of fused-ring (bicyclic) bond motifs is 1. The van der Waals surface area contributed by atoms with E-state index in [0.717, 1.165) is 11.6 Å². The number of anilines is 1. The van der Waals surface area contributed by atoms with E-state index in [-0.39, 0.29) is 30.0 Å². The van der Waals surface area contributed by atoms with Gasteiger partial charge in [-0.1, -0.05) is 48.5 Å². The molecule has 0 aliphatic carbocycles. The molecule has 0 saturated heterocycles. The van der Waals surface area contributed by atoms with E-state index >= 15 is 0 Å². The SMILES string of the molecule is C[C@@H]1COc2c(ccc(F)c2F)N1C(=O)[C@H](Cc1ccccc1)Oc1ccccc1. The maximum atomic E-state index is 14.3. The lowest BCUT2D eigenvalue weighted by Crippen LogP contribution is -2.51. The zero-order chi connectivity index (χ0) is 21.1. The van der Waals surface area contributed by atoms with E-state index in [2.05, 4.69) is 0 Å². The third-order valence-electron chi connectivity index (χ3n) is 5.00. The molecule has 2 atom stereocenters. The molecule has 1 amide bonds. The van der Waals surface area contributed by atoms with Crippen molar-refractivity contribution in [1.82, 2.24) is 0 Å². The van der Waals surface area contributed by atoms with Crippen molar-refractivity contribution in [1.29, 1.82) is 0 Å². The van der Waals surface area contributed by atoms with Crippen LogP contribution in [0.15, 0.2) is 72.8 Å². The third kappa shape index (κ3) is 3.99. The summed E-state index contributed by atoms with van der Waals surface area (Å²) in [5.41, 5.74) is 1.13. The number of carbonyl (C=O) groups is 1. The van der Waals surface area contributed by atoms with Crippen LogP contribution in [0.5, 0.6) is 11.5 Å². The van der Waals surface area contributed by atoms with Gasteiger partial charge in [0.2, 0.25) is 5.82 Å². The van der Waals surface area contributed by atoms with Crippen LogP contribution < -0.4 is 14.4 Å². The molecule has 6 heteroatoms. The summed E-state index contributed by atoms with van der Waals surface area (Å²) in [5.74, 6) is -2.15. The Labute approximate surface area is 173 Å². The summed E-state index contributed by atoms with van der Waals surface area (Å²) in [6.07, 6.45) is -0.520. The number of nitrogens with zero attached hydrogens (tertiary/aromatic N) is 1. The maximum Gasteiger partial charge on any atom is 0.268 e. The van der Waals surface area contributed by atoms with Crippen LogP contribution in [-0.2, 0) is 11.2 Å². The summed E-state index contributed by atoms with van der Waals surface area (Å²) < 4.78 is 39.4. The minimum Gasteiger partial charge on any atom is -0.486 e. The molecule has 0 radical (unpaired) electrons. The molecule has 1 heterocycles. The van der Waals surface area contributed by atoms with Crippen molar-refractivity contribution in [3.63, 3.8) is 0 Å². The Morgan fingerprint density at radius 3 is 2.43 bits per heavy atom. The topological polar surface area (TPSA) is 38.8 Å². The average Bonchev–Trinajstić information content (AvgIpc) is 2.77. The normalized spacial score (nSPS) is 16.4. The largest absolute Gasteiger partial charge is 0.486 e. The molecule has 4 rings (SSSR count). The van der Waals surface area contributed by atoms with Crippen LogP contribution in [0.1, 0.15) is 12.5 Å². The van der Waals surface area contributed by atoms with Crippen molar-refractivity contribution in [3.05, 3.63) is 90.0 Å². The van der Waals surface area contributed by atoms with Gasteiger partial charge < -0.3 is 9.47 Å². The highest BCUT2D eigenvalue weighted by molar-refractivity contribution is 5.99. The number of hydrogen-bond acceptors (Lipinski definition) is 3. The molecule has 1 aliphatic rings. The number of para-hydroxylation sites is 1. The molecular weight excluding hydrogens is 388 g/mol. The molecule has 0 fully saturated rings. The highest BCUT2D eigenvalue weighted by Crippen LogP contribution is 2.38. The Hall–Kier alpha value is -3.41. The van der Waals surface area contributed by atoms with Gasteiger partial charge in [0, 0.05) is 6.42 Å². The van der Waals surface area contributed by atoms with Crippen molar-refractivity contribution in [2.45, 2.75) is 25.5 Å². The van der Waals surface area contributed by atoms with Crippen molar-refractivity contribution in [2.75, 3.05) is 11.5 Å². The third-order valence-corrected chi connectivity index (χ3v) is 5.00. The minimum absolute atomic E-state index is 0.0580. The number of benzene rings is 3. The molecule has 30 heavy (non-hydrogen) atoms. The van der Waals surface area contributed by atoms with Crippen LogP contribution in [-0.4, -0.2) is 24.7 Å². The van der Waals surface area contributed by atoms with Gasteiger partial charge >= 0.3 is 0 Å². The summed E-state index contributed by atoms with van der Waals surface area (Å²) in [6, 6.07) is 20.6. The quantitative estimate of drug-likeness (QED) is 0.609. The molecule has 0 spiro atoms. The van der Waals surface area contributed by atoms with Gasteiger partial charge in [-0.2, -0.15) is 4.39 Å². The average molecular weight is 409 g/mol. The standard InChI is InChI=1S/C24H21F2NO3/c1-16-15-29-23-20(13-12-19(25)22(23)26)27(16)24(28)21(14-17-8-4-2-5-9-17)30-18-10-6-3-7-11-18/h2-13,16,21H,14-15H2,1H3/t16-,21+/m1/s1. The second kappa shape index (κ2) is 8.53. The fourth-order valence-electron chi connectivity index (χ4n) is 3.53. The van der Waals surface area contributed by atoms with Crippen molar-refractivity contribution in [3.8, 4) is 11.5 Å². The highest BCUT2D eigenvalue weighted by atomic mass is 19.2. The van der Waals surface area contributed by atoms with Crippen molar-refractivity contribution >= 4 is 11.6 Å². The summed E-state index contributed by atoms with van der Waals surface area (Å²) >= 11 is 0. The smallest absolute Gasteiger partial charge is 0.268 e. The second-order valence-corrected chi connectivity index (χ2v) is 7.19. The number of rotatable bonds is 5. The molecule has 3 aromatic rings. The fraction of sp³-hybridized carbons (Fsp3) is 0.208. The summed E-state index contributed by atoms with van der Waals surface area (Å²) in [7, 11) is 0. The van der Waals surface area contributed by atoms with Gasteiger partial charge in [0.1, 0.15) is 12.4 Å². The lowest BCUT2D eigenvalue weighted by Gasteiger charge is -2.37. The first kappa shape index (κ1) is 19.9. The summed E-state index contributed by atoms with van der Waals surface area (Å²) in [4.78, 5) is 15.0. The van der Waals surface area contributed by atoms with Crippen LogP contribution in [0, 0.1) is 11.6 Å². The van der Waals surface area contributed by atoms with Gasteiger partial charge in [-0.05, 0) is 36.8 Å². The molecule has 0 N–H and O–H groups in total. The van der Waals surface area contributed by atoms with E-state index in [9.17, 15) is 13.6 Å². The fourth-order valence-corrected chi connectivity index (χ4v) is 3.53. The van der Waals surface area contributed by atoms with Crippen LogP contribution in [0.4, 0.5) is 14.5 Å². The van der Waals surface area contributed by atoms with Crippen LogP contribution in [0.2, 0.25) is 0 Å². The number of halogens is 2. The number of amides is 1. The van der Waals surface area contributed by atoms with Crippen LogP contribution in [0.3, 0.4) is 0 Å². The molecule has 3 aromatic carbocycles. The zero-order valence-electron chi connectivity index (χ0n) is 16.4. The van der Waals surface area contributed by atoms with E-state index in [1.54, 1.807) is 19.1 Å². The molecular formula is C24H21F2NO3. The molecule has 0 aromatic heterocycles. The predicted octanol–water partition coefficient (Wildman–Crippen LogP) is 4.77. The van der Waals surface area contributed by atoms with Crippen LogP contribution in [0.25, 0.3) is 0 Å². The molecule has 1 aliphatic heterocycles. The Morgan fingerprint density at radius 2 is 1.73 bits per heavy atom. The minimum atomic E-state index is -1.10. The monoisotopic (exact) mass is 409 g/mol. The van der Waals surface area contributed by atoms with Crippen LogP contribution >= 0.6 is 0 Å². The van der Waals surface area contributed by atoms with Gasteiger partial charge in [-0.15, -0.1) is 0 Å². The first-order valence-corrected chi connectivity index (χ1v) is 9.74. The predicted molar refractivity (Wildman–Crippen MR) is 110 cm³/mol. The molecule has 0 saturated carbocycles. The lowest BCUT2D eigenvalue weighted by molar-refractivity contribution is -0.126. The molecule has 4 nitrogen and oxygen atoms in total. The Kier molecular flexibility index (Phi) is 5.65. The zero-order valence-corrected chi connectivity index (χ0v) is 16.4. The lowest BCUT2D eigenvalue weighted by atomic mass is 10.0. The number of ether oxygens (including phenoxy) is 2. The molecule has 154 valence electrons. The van der Waals surface area contributed by atoms with Gasteiger partial charge in [-0.25, -0.2) is 4.39 Å². The van der Waals surface area contributed by atoms with Gasteiger partial charge in [0.25, 0.3) is 5.91 Å². The van der Waals surface area contributed by atoms with E-state index in [4.69, 9.17) is 9.47 Å². The Morgan fingerprint density at radius 1 is 1.07 bits per heavy atom.